The van der Waals surface area contributed by atoms with Crippen LogP contribution in [0.2, 0.25) is 5.02 Å². The zero-order valence-corrected chi connectivity index (χ0v) is 14.1. The molecule has 126 valence electrons. The van der Waals surface area contributed by atoms with Gasteiger partial charge in [0.2, 0.25) is 0 Å². The van der Waals surface area contributed by atoms with E-state index < -0.39 is 18.5 Å². The summed E-state index contributed by atoms with van der Waals surface area (Å²) >= 11 is 5.82. The third-order valence-corrected chi connectivity index (χ3v) is 3.71. The van der Waals surface area contributed by atoms with Crippen molar-refractivity contribution in [2.45, 2.75) is 19.9 Å². The maximum absolute atomic E-state index is 11.9. The Bertz CT molecular complexity index is 743. The molecule has 1 atom stereocenters. The lowest BCUT2D eigenvalue weighted by atomic mass is 10.1. The monoisotopic (exact) mass is 347 g/mol. The highest BCUT2D eigenvalue weighted by atomic mass is 35.5. The van der Waals surface area contributed by atoms with Crippen LogP contribution in [0.3, 0.4) is 0 Å². The Morgan fingerprint density at radius 3 is 2.54 bits per heavy atom. The van der Waals surface area contributed by atoms with Crippen LogP contribution in [-0.4, -0.2) is 23.6 Å². The summed E-state index contributed by atoms with van der Waals surface area (Å²) < 4.78 is 4.95. The molecule has 0 bridgehead atoms. The number of hydrogen-bond donors (Lipinski definition) is 2. The van der Waals surface area contributed by atoms with Gasteiger partial charge in [0.25, 0.3) is 5.91 Å². The second-order valence-electron chi connectivity index (χ2n) is 5.44. The summed E-state index contributed by atoms with van der Waals surface area (Å²) in [7, 11) is 0. The van der Waals surface area contributed by atoms with E-state index in [0.717, 1.165) is 11.1 Å². The van der Waals surface area contributed by atoms with Crippen LogP contribution in [0.1, 0.15) is 34.5 Å². The highest BCUT2D eigenvalue weighted by Crippen LogP contribution is 2.19. The predicted octanol–water partition coefficient (Wildman–Crippen LogP) is 3.39. The minimum absolute atomic E-state index is 0.0357. The lowest BCUT2D eigenvalue weighted by Crippen LogP contribution is -2.31. The van der Waals surface area contributed by atoms with Gasteiger partial charge in [-0.1, -0.05) is 35.4 Å². The van der Waals surface area contributed by atoms with Gasteiger partial charge in [-0.25, -0.2) is 4.79 Å². The van der Waals surface area contributed by atoms with Crippen LogP contribution in [0.5, 0.6) is 5.75 Å². The van der Waals surface area contributed by atoms with Gasteiger partial charge in [-0.2, -0.15) is 0 Å². The summed E-state index contributed by atoms with van der Waals surface area (Å²) in [6, 6.07) is 11.4. The quantitative estimate of drug-likeness (QED) is 0.813. The molecular formula is C18H18ClNO4. The number of benzene rings is 2. The first-order valence-corrected chi connectivity index (χ1v) is 7.76. The number of esters is 1. The third kappa shape index (κ3) is 4.73. The highest BCUT2D eigenvalue weighted by molar-refractivity contribution is 6.30. The molecule has 0 fully saturated rings. The van der Waals surface area contributed by atoms with Crippen LogP contribution in [0.15, 0.2) is 42.5 Å². The molecule has 0 aliphatic heterocycles. The number of halogens is 1. The number of aromatic hydroxyl groups is 1. The van der Waals surface area contributed by atoms with E-state index in [2.05, 4.69) is 5.32 Å². The van der Waals surface area contributed by atoms with Crippen LogP contribution >= 0.6 is 11.6 Å². The van der Waals surface area contributed by atoms with Gasteiger partial charge in [0.1, 0.15) is 11.3 Å². The van der Waals surface area contributed by atoms with Gasteiger partial charge < -0.3 is 15.2 Å². The zero-order chi connectivity index (χ0) is 17.7. The van der Waals surface area contributed by atoms with Crippen molar-refractivity contribution < 1.29 is 19.4 Å². The average Bonchev–Trinajstić information content (AvgIpc) is 2.55. The van der Waals surface area contributed by atoms with Crippen molar-refractivity contribution in [3.05, 3.63) is 64.2 Å². The van der Waals surface area contributed by atoms with Gasteiger partial charge in [0, 0.05) is 5.02 Å². The van der Waals surface area contributed by atoms with Crippen molar-refractivity contribution in [1.82, 2.24) is 5.32 Å². The molecule has 0 saturated carbocycles. The van der Waals surface area contributed by atoms with Crippen LogP contribution < -0.4 is 5.32 Å². The average molecular weight is 348 g/mol. The van der Waals surface area contributed by atoms with Gasteiger partial charge in [0.05, 0.1) is 6.04 Å². The van der Waals surface area contributed by atoms with E-state index in [0.29, 0.717) is 5.02 Å². The highest BCUT2D eigenvalue weighted by Gasteiger charge is 2.16. The number of hydrogen-bond acceptors (Lipinski definition) is 4. The lowest BCUT2D eigenvalue weighted by molar-refractivity contribution is -0.124. The topological polar surface area (TPSA) is 75.6 Å². The zero-order valence-electron chi connectivity index (χ0n) is 13.4. The molecule has 0 saturated heterocycles. The maximum Gasteiger partial charge on any atom is 0.342 e. The normalized spacial score (nSPS) is 11.6. The summed E-state index contributed by atoms with van der Waals surface area (Å²) in [5.41, 5.74) is 1.73. The molecule has 1 amide bonds. The van der Waals surface area contributed by atoms with E-state index in [9.17, 15) is 14.7 Å². The van der Waals surface area contributed by atoms with Gasteiger partial charge >= 0.3 is 5.97 Å². The number of carbonyl (C=O) groups excluding carboxylic acids is 2. The van der Waals surface area contributed by atoms with Crippen molar-refractivity contribution in [3.63, 3.8) is 0 Å². The first-order chi connectivity index (χ1) is 11.4. The van der Waals surface area contributed by atoms with Gasteiger partial charge in [-0.05, 0) is 43.7 Å². The van der Waals surface area contributed by atoms with Crippen LogP contribution in [0.4, 0.5) is 0 Å². The molecular weight excluding hydrogens is 330 g/mol. The van der Waals surface area contributed by atoms with E-state index >= 15 is 0 Å². The SMILES string of the molecule is Cc1ccc(O)c(C(=O)OCC(=O)N[C@H](C)c2ccc(Cl)cc2)c1. The van der Waals surface area contributed by atoms with Gasteiger partial charge in [0.15, 0.2) is 6.61 Å². The molecule has 0 aromatic heterocycles. The lowest BCUT2D eigenvalue weighted by Gasteiger charge is -2.14. The van der Waals surface area contributed by atoms with Gasteiger partial charge in [-0.15, -0.1) is 0 Å². The number of aryl methyl sites for hydroxylation is 1. The molecule has 2 rings (SSSR count). The number of phenolic OH excluding ortho intramolecular Hbond substituents is 1. The maximum atomic E-state index is 11.9. The molecule has 0 spiro atoms. The number of rotatable bonds is 5. The molecule has 0 radical (unpaired) electrons. The molecule has 0 heterocycles. The number of amides is 1. The van der Waals surface area contributed by atoms with Crippen molar-refractivity contribution in [1.29, 1.82) is 0 Å². The molecule has 2 aromatic rings. The Morgan fingerprint density at radius 1 is 1.21 bits per heavy atom. The smallest absolute Gasteiger partial charge is 0.342 e. The molecule has 0 aliphatic carbocycles. The second kappa shape index (κ2) is 7.84. The Labute approximate surface area is 145 Å². The van der Waals surface area contributed by atoms with Crippen LogP contribution in [0, 0.1) is 6.92 Å². The fraction of sp³-hybridized carbons (Fsp3) is 0.222. The fourth-order valence-electron chi connectivity index (χ4n) is 2.14. The molecule has 0 unspecified atom stereocenters. The van der Waals surface area contributed by atoms with Crippen LogP contribution in [0.25, 0.3) is 0 Å². The van der Waals surface area contributed by atoms with E-state index in [-0.39, 0.29) is 17.4 Å². The summed E-state index contributed by atoms with van der Waals surface area (Å²) in [5.74, 6) is -1.36. The number of ether oxygens (including phenoxy) is 1. The minimum atomic E-state index is -0.745. The predicted molar refractivity (Wildman–Crippen MR) is 91.1 cm³/mol. The summed E-state index contributed by atoms with van der Waals surface area (Å²) in [6.45, 7) is 3.18. The largest absolute Gasteiger partial charge is 0.507 e. The Kier molecular flexibility index (Phi) is 5.82. The number of carbonyl (C=O) groups is 2. The second-order valence-corrected chi connectivity index (χ2v) is 5.87. The molecule has 0 aliphatic rings. The molecule has 6 heteroatoms. The van der Waals surface area contributed by atoms with E-state index in [4.69, 9.17) is 16.3 Å². The Morgan fingerprint density at radius 2 is 1.88 bits per heavy atom. The van der Waals surface area contributed by atoms with E-state index in [1.807, 2.05) is 19.1 Å². The van der Waals surface area contributed by atoms with Crippen molar-refractivity contribution in [2.75, 3.05) is 6.61 Å². The molecule has 24 heavy (non-hydrogen) atoms. The number of phenols is 1. The van der Waals surface area contributed by atoms with Gasteiger partial charge in [-0.3, -0.25) is 4.79 Å². The Balaban J connectivity index is 1.89. The van der Waals surface area contributed by atoms with Crippen molar-refractivity contribution in [3.8, 4) is 5.75 Å². The number of nitrogens with one attached hydrogen (secondary N) is 1. The Hall–Kier alpha value is -2.53. The summed E-state index contributed by atoms with van der Waals surface area (Å²) in [5, 5.41) is 13.0. The first-order valence-electron chi connectivity index (χ1n) is 7.38. The fourth-order valence-corrected chi connectivity index (χ4v) is 2.27. The third-order valence-electron chi connectivity index (χ3n) is 3.45. The van der Waals surface area contributed by atoms with Crippen LogP contribution in [-0.2, 0) is 9.53 Å². The first kappa shape index (κ1) is 17.8. The standard InChI is InChI=1S/C18H18ClNO4/c1-11-3-8-16(21)15(9-11)18(23)24-10-17(22)20-12(2)13-4-6-14(19)7-5-13/h3-9,12,21H,10H2,1-2H3,(H,20,22)/t12-/m1/s1. The molecule has 2 N–H and O–H groups in total. The van der Waals surface area contributed by atoms with E-state index in [1.54, 1.807) is 25.1 Å². The molecule has 5 nitrogen and oxygen atoms in total. The summed E-state index contributed by atoms with van der Waals surface area (Å²) in [4.78, 5) is 23.8. The molecule has 2 aromatic carbocycles. The minimum Gasteiger partial charge on any atom is -0.507 e. The van der Waals surface area contributed by atoms with E-state index in [1.165, 1.54) is 12.1 Å². The van der Waals surface area contributed by atoms with Crippen molar-refractivity contribution in [2.24, 2.45) is 0 Å². The van der Waals surface area contributed by atoms with Crippen molar-refractivity contribution >= 4 is 23.5 Å². The summed E-state index contributed by atoms with van der Waals surface area (Å²) in [6.07, 6.45) is 0.